The van der Waals surface area contributed by atoms with Gasteiger partial charge in [-0.25, -0.2) is 27.6 Å². The van der Waals surface area contributed by atoms with E-state index >= 15 is 0 Å². The van der Waals surface area contributed by atoms with Crippen molar-refractivity contribution in [3.05, 3.63) is 346 Å². The Balaban J connectivity index is 0.000000191. The molecule has 148 heavy (non-hydrogen) atoms. The summed E-state index contributed by atoms with van der Waals surface area (Å²) >= 11 is 96.8. The van der Waals surface area contributed by atoms with Gasteiger partial charge in [0.05, 0.1) is 113 Å². The molecule has 0 saturated heterocycles. The van der Waals surface area contributed by atoms with Crippen LogP contribution in [0.25, 0.3) is 46.6 Å². The minimum absolute atomic E-state index is 0.0139. The van der Waals surface area contributed by atoms with Crippen molar-refractivity contribution in [2.45, 2.75) is 128 Å². The average molecular weight is 2450 g/mol. The fraction of sp³-hybridized carbons (Fsp3) is 0.219. The van der Waals surface area contributed by atoms with Gasteiger partial charge in [-0.15, -0.1) is 0 Å². The molecule has 0 unspecified atom stereocenters. The maximum absolute atomic E-state index is 13.9. The lowest BCUT2D eigenvalue weighted by atomic mass is 9.80. The molecule has 8 N–H and O–H groups in total. The van der Waals surface area contributed by atoms with Crippen LogP contribution in [0, 0.1) is 17.5 Å². The summed E-state index contributed by atoms with van der Waals surface area (Å²) in [5.74, 6) is -4.23. The van der Waals surface area contributed by atoms with Crippen LogP contribution < -0.4 is 46.1 Å². The van der Waals surface area contributed by atoms with Crippen molar-refractivity contribution in [1.29, 1.82) is 0 Å². The normalized spacial score (nSPS) is 14.2. The molecule has 4 aliphatic rings. The second kappa shape index (κ2) is 52.3. The number of nitrogens with one attached hydrogen (secondary N) is 3. The van der Waals surface area contributed by atoms with E-state index < -0.39 is 112 Å². The standard InChI is InChI=1S/C28H22Cl4FNO4.C27H20Cl4FNO4.C22H20BrCl2NO4.C15H18BrNO3.C7H3Cl3O.C6H4BCl2FO2/c1-28(2)10-9-16-14(7-8-17(25(16)38-28)23-20(31)12-15(33)13-21(23)32)11-22(27(36)37-3)34-26(35)24-18(29)5-4-6-19(24)30;1-27(2)9-8-15-13(6-7-16(24(15)37-27)22-19(30)11-14(32)12-20(22)31)10-21(26(35)36)33-25(34)23-17(28)4-3-5-18(23)29;1-22(2)10-9-13-12(7-8-14(23)19(13)30-22)11-17(21(28)29-3)26-20(27)18-15(24)5-4-6-16(18)25;1-15(2)7-6-10-9(8-12(17)14(18)19-3)4-5-11(16)13(10)20-15;8-4-2-1-3-5(9)6(4)7(10)11;8-4-1-3(10)2-5(9)6(4)7(11)12/h4-10,12-13,22H,11H2,1-3H3,(H,34,35);3-9,11-12,21H,10H2,1-2H3,(H,33,34)(H,35,36);4-10,17H,11H2,1-3H3,(H,26,27);4-7,12H,8,17H2,1-3H3;1-3H;1-2,11-12H/t22-;21-;17-;12-;;/m0000../s1. The number of carbonyl (C=O) groups is 8. The van der Waals surface area contributed by atoms with E-state index in [0.29, 0.717) is 68.2 Å². The quantitative estimate of drug-likeness (QED) is 0.0143. The number of ether oxygens (including phenoxy) is 7. The number of rotatable bonds is 22. The summed E-state index contributed by atoms with van der Waals surface area (Å²) in [5, 5.41) is 36.3. The molecular weight excluding hydrogens is 2360 g/mol. The fourth-order valence-electron chi connectivity index (χ4n) is 15.0. The summed E-state index contributed by atoms with van der Waals surface area (Å²) in [4.78, 5) is 98.1. The van der Waals surface area contributed by atoms with E-state index in [9.17, 15) is 56.6 Å². The first-order chi connectivity index (χ1) is 69.4. The first-order valence-corrected chi connectivity index (χ1v) is 51.0. The lowest BCUT2D eigenvalue weighted by molar-refractivity contribution is -0.143. The molecule has 43 heteroatoms. The number of hydrogen-bond donors (Lipinski definition) is 7. The summed E-state index contributed by atoms with van der Waals surface area (Å²) < 4.78 is 81.0. The summed E-state index contributed by atoms with van der Waals surface area (Å²) in [7, 11) is 2.05. The highest BCUT2D eigenvalue weighted by atomic mass is 79.9. The van der Waals surface area contributed by atoms with Crippen molar-refractivity contribution >= 4 is 290 Å². The molecule has 4 aliphatic heterocycles. The number of esters is 3. The molecule has 778 valence electrons. The maximum atomic E-state index is 13.9. The third-order valence-corrected chi connectivity index (χ3v) is 27.9. The van der Waals surface area contributed by atoms with Gasteiger partial charge in [0, 0.05) is 79.3 Å². The molecule has 0 aromatic heterocycles. The number of carbonyl (C=O) groups excluding carboxylic acids is 7. The first kappa shape index (κ1) is 120. The smallest absolute Gasteiger partial charge is 0.482 e. The van der Waals surface area contributed by atoms with Crippen LogP contribution in [-0.2, 0) is 59.1 Å². The molecule has 15 rings (SSSR count). The van der Waals surface area contributed by atoms with Gasteiger partial charge in [-0.05, 0) is 249 Å². The van der Waals surface area contributed by atoms with E-state index in [4.69, 9.17) is 218 Å². The molecule has 11 aromatic carbocycles. The van der Waals surface area contributed by atoms with Crippen LogP contribution in [0.1, 0.15) is 141 Å². The number of aliphatic carboxylic acids is 1. The highest BCUT2D eigenvalue weighted by Gasteiger charge is 2.37. The van der Waals surface area contributed by atoms with E-state index in [1.54, 1.807) is 72.8 Å². The van der Waals surface area contributed by atoms with Crippen molar-refractivity contribution in [2.75, 3.05) is 21.3 Å². The Bertz CT molecular complexity index is 6990. The minimum Gasteiger partial charge on any atom is -0.482 e. The summed E-state index contributed by atoms with van der Waals surface area (Å²) in [6.07, 6.45) is 15.9. The van der Waals surface area contributed by atoms with Gasteiger partial charge in [0.2, 0.25) is 0 Å². The maximum Gasteiger partial charge on any atom is 0.491 e. The number of fused-ring (bicyclic) bond motifs is 4. The topological polar surface area (TPSA) is 324 Å². The number of amides is 3. The Kier molecular flexibility index (Phi) is 42.5. The van der Waals surface area contributed by atoms with E-state index in [-0.39, 0.29) is 123 Å². The zero-order valence-corrected chi connectivity index (χ0v) is 94.0. The van der Waals surface area contributed by atoms with Gasteiger partial charge in [-0.3, -0.25) is 24.0 Å². The van der Waals surface area contributed by atoms with Gasteiger partial charge >= 0.3 is 31.0 Å². The molecule has 0 saturated carbocycles. The van der Waals surface area contributed by atoms with Crippen LogP contribution in [0.2, 0.25) is 70.3 Å². The molecule has 11 aromatic rings. The number of carboxylic acids is 1. The van der Waals surface area contributed by atoms with Crippen molar-refractivity contribution in [1.82, 2.24) is 16.0 Å². The van der Waals surface area contributed by atoms with Crippen molar-refractivity contribution < 1.29 is 99.8 Å². The predicted molar refractivity (Wildman–Crippen MR) is 589 cm³/mol. The van der Waals surface area contributed by atoms with Crippen molar-refractivity contribution in [3.63, 3.8) is 0 Å². The van der Waals surface area contributed by atoms with Crippen LogP contribution in [0.5, 0.6) is 23.0 Å². The first-order valence-electron chi connectivity index (χ1n) is 43.8. The van der Waals surface area contributed by atoms with Crippen LogP contribution in [0.4, 0.5) is 13.2 Å². The molecule has 4 heterocycles. The van der Waals surface area contributed by atoms with Gasteiger partial charge in [-0.1, -0.05) is 247 Å². The van der Waals surface area contributed by atoms with Crippen LogP contribution in [0.3, 0.4) is 0 Å². The number of nitrogens with two attached hydrogens (primary N) is 1. The molecule has 0 fully saturated rings. The van der Waals surface area contributed by atoms with Crippen LogP contribution in [-0.4, -0.2) is 137 Å². The van der Waals surface area contributed by atoms with E-state index in [2.05, 4.69) is 52.5 Å². The fourth-order valence-corrected chi connectivity index (χ4v) is 20.4. The summed E-state index contributed by atoms with van der Waals surface area (Å²) in [5.41, 5.74) is 11.8. The largest absolute Gasteiger partial charge is 0.491 e. The van der Waals surface area contributed by atoms with Crippen molar-refractivity contribution in [2.24, 2.45) is 5.73 Å². The average Bonchev–Trinajstić information content (AvgIpc) is 0.761. The minimum atomic E-state index is -1.79. The van der Waals surface area contributed by atoms with E-state index in [1.165, 1.54) is 57.7 Å². The summed E-state index contributed by atoms with van der Waals surface area (Å²) in [6, 6.07) is 35.8. The van der Waals surface area contributed by atoms with Gasteiger partial charge < -0.3 is 70.0 Å². The van der Waals surface area contributed by atoms with Crippen LogP contribution in [0.15, 0.2) is 191 Å². The lowest BCUT2D eigenvalue weighted by Crippen LogP contribution is -2.43. The van der Waals surface area contributed by atoms with Gasteiger partial charge in [0.25, 0.3) is 23.0 Å². The SMILES string of the molecule is CC1(C)C=Cc2c(C[C@H](NC(=O)c3c(Cl)cccc3Cl)C(=O)O)ccc(-c3c(Cl)cc(F)cc3Cl)c2O1.COC(=O)[C@@H](N)Cc1ccc(Br)c2c1C=CC(C)(C)O2.COC(=O)[C@H](Cc1ccc(-c2c(Cl)cc(F)cc2Cl)c2c1C=CC(C)(C)O2)NC(=O)c1c(Cl)cccc1Cl.COC(=O)[C@H](Cc1ccc(Br)c2c1C=CC(C)(C)O2)NC(=O)c1c(Cl)cccc1Cl.O=C(Cl)c1c(Cl)cccc1Cl.OB(O)c1c(Cl)cc(F)cc1Cl. The monoisotopic (exact) mass is 2440 g/mol. The second-order valence-corrected chi connectivity index (χ2v) is 42.6. The predicted octanol–water partition coefficient (Wildman–Crippen LogP) is 27.8. The lowest BCUT2D eigenvalue weighted by Gasteiger charge is -2.31. The van der Waals surface area contributed by atoms with Gasteiger partial charge in [0.1, 0.15) is 87.0 Å². The van der Waals surface area contributed by atoms with Crippen molar-refractivity contribution in [3.8, 4) is 45.3 Å². The third-order valence-electron chi connectivity index (χ3n) is 22.1. The summed E-state index contributed by atoms with van der Waals surface area (Å²) in [6.45, 7) is 15.3. The number of hydrogen-bond acceptors (Lipinski definition) is 18. The highest BCUT2D eigenvalue weighted by molar-refractivity contribution is 9.11. The molecule has 22 nitrogen and oxygen atoms in total. The second-order valence-electron chi connectivity index (χ2n) is 34.8. The third kappa shape index (κ3) is 31.0. The Labute approximate surface area is 942 Å². The number of benzene rings is 11. The molecular formula is C105H87BBr2Cl15F3N4O18. The Morgan fingerprint density at radius 1 is 0.365 bits per heavy atom. The zero-order chi connectivity index (χ0) is 110. The van der Waals surface area contributed by atoms with Gasteiger partial charge in [-0.2, -0.15) is 0 Å². The Morgan fingerprint density at radius 2 is 0.615 bits per heavy atom. The molecule has 4 atom stereocenters. The number of carboxylic acid groups (broad SMARTS) is 1. The Hall–Kier alpha value is -9.42. The zero-order valence-electron chi connectivity index (χ0n) is 79.4. The highest BCUT2D eigenvalue weighted by Crippen LogP contribution is 2.50. The molecule has 0 spiro atoms. The van der Waals surface area contributed by atoms with E-state index in [0.717, 1.165) is 61.2 Å². The van der Waals surface area contributed by atoms with Gasteiger partial charge in [0.15, 0.2) is 0 Å². The molecule has 0 bridgehead atoms. The number of methoxy groups -OCH3 is 3. The molecule has 3 amide bonds. The molecule has 0 radical (unpaired) electrons. The molecule has 0 aliphatic carbocycles. The Morgan fingerprint density at radius 3 is 0.885 bits per heavy atom. The van der Waals surface area contributed by atoms with E-state index in [1.807, 2.05) is 128 Å². The number of halogens is 20. The van der Waals surface area contributed by atoms with Crippen LogP contribution >= 0.6 is 206 Å².